The summed E-state index contributed by atoms with van der Waals surface area (Å²) in [7, 11) is 1.17. The van der Waals surface area contributed by atoms with E-state index in [-0.39, 0.29) is 5.91 Å². The molecule has 48 heavy (non-hydrogen) atoms. The van der Waals surface area contributed by atoms with Gasteiger partial charge in [-0.15, -0.1) is 0 Å². The Morgan fingerprint density at radius 1 is 0.812 bits per heavy atom. The van der Waals surface area contributed by atoms with Crippen molar-refractivity contribution in [3.8, 4) is 0 Å². The van der Waals surface area contributed by atoms with Gasteiger partial charge >= 0.3 is 0 Å². The van der Waals surface area contributed by atoms with Gasteiger partial charge in [0.15, 0.2) is 0 Å². The summed E-state index contributed by atoms with van der Waals surface area (Å²) in [6.07, 6.45) is 3.41. The molecule has 2 saturated heterocycles. The van der Waals surface area contributed by atoms with Gasteiger partial charge in [-0.3, -0.25) is 9.78 Å². The van der Waals surface area contributed by atoms with Crippen LogP contribution < -0.4 is 15.5 Å². The molecule has 2 fully saturated rings. The largest absolute Gasteiger partial charge is 0.354 e. The molecule has 10 nitrogen and oxygen atoms in total. The Labute approximate surface area is 289 Å². The fourth-order valence-corrected chi connectivity index (χ4v) is 6.86. The molecule has 0 spiro atoms. The molecule has 0 saturated carbocycles. The lowest BCUT2D eigenvalue weighted by Gasteiger charge is -2.30. The lowest BCUT2D eigenvalue weighted by molar-refractivity contribution is 0.0827. The first-order chi connectivity index (χ1) is 22.7. The first-order valence-corrected chi connectivity index (χ1v) is 18.8. The predicted octanol–water partition coefficient (Wildman–Crippen LogP) is 4.93. The number of anilines is 1. The van der Waals surface area contributed by atoms with E-state index in [4.69, 9.17) is 0 Å². The van der Waals surface area contributed by atoms with Gasteiger partial charge in [-0.1, -0.05) is 53.7 Å². The number of carbonyl (C=O) groups is 1. The SMILES string of the molecule is C=S(=O)(c1ccc(C(C)C)cc1)N1CCNCC1.CC(C)c1cncc(C(=O)N(C)C)c1.Cc1nc(C(C)C)cc(N2CCNCC2)n1. The van der Waals surface area contributed by atoms with Crippen molar-refractivity contribution < 1.29 is 9.00 Å². The highest BCUT2D eigenvalue weighted by Gasteiger charge is 2.20. The van der Waals surface area contributed by atoms with Gasteiger partial charge in [-0.05, 0) is 59.9 Å². The summed E-state index contributed by atoms with van der Waals surface area (Å²) >= 11 is 0. The fraction of sp³-hybridized carbons (Fsp3) is 0.541. The number of aromatic nitrogens is 3. The van der Waals surface area contributed by atoms with Gasteiger partial charge in [-0.2, -0.15) is 0 Å². The minimum atomic E-state index is -2.31. The molecular weight excluding hydrogens is 621 g/mol. The number of amides is 1. The minimum absolute atomic E-state index is 0.000000000000000444. The number of nitrogens with one attached hydrogen (secondary N) is 2. The van der Waals surface area contributed by atoms with E-state index in [0.29, 0.717) is 23.3 Å². The number of hydrogen-bond acceptors (Lipinski definition) is 8. The van der Waals surface area contributed by atoms with Gasteiger partial charge < -0.3 is 20.4 Å². The summed E-state index contributed by atoms with van der Waals surface area (Å²) in [5, 5.41) is 6.62. The highest BCUT2D eigenvalue weighted by atomic mass is 32.2. The Balaban J connectivity index is 0.000000197. The molecule has 2 N–H and O–H groups in total. The van der Waals surface area contributed by atoms with Crippen molar-refractivity contribution in [2.45, 2.75) is 71.1 Å². The summed E-state index contributed by atoms with van der Waals surface area (Å²) in [4.78, 5) is 29.4. The second-order valence-electron chi connectivity index (χ2n) is 13.5. The van der Waals surface area contributed by atoms with Crippen LogP contribution in [0.25, 0.3) is 0 Å². The average molecular weight is 679 g/mol. The van der Waals surface area contributed by atoms with E-state index in [1.165, 1.54) is 5.56 Å². The number of pyridine rings is 1. The van der Waals surface area contributed by atoms with Gasteiger partial charge in [0.25, 0.3) is 5.91 Å². The van der Waals surface area contributed by atoms with E-state index in [9.17, 15) is 9.00 Å². The highest BCUT2D eigenvalue weighted by molar-refractivity contribution is 7.98. The molecule has 2 aromatic heterocycles. The topological polar surface area (TPSA) is 107 Å². The Morgan fingerprint density at radius 3 is 1.90 bits per heavy atom. The van der Waals surface area contributed by atoms with Crippen molar-refractivity contribution in [2.75, 3.05) is 71.4 Å². The summed E-state index contributed by atoms with van der Waals surface area (Å²) < 4.78 is 14.8. The zero-order valence-corrected chi connectivity index (χ0v) is 31.4. The number of benzene rings is 1. The monoisotopic (exact) mass is 678 g/mol. The third-order valence-electron chi connectivity index (χ3n) is 8.36. The molecule has 3 aromatic rings. The Kier molecular flexibility index (Phi) is 15.0. The lowest BCUT2D eigenvalue weighted by atomic mass is 10.0. The van der Waals surface area contributed by atoms with Crippen LogP contribution >= 0.6 is 0 Å². The number of aryl methyl sites for hydroxylation is 1. The van der Waals surface area contributed by atoms with Crippen molar-refractivity contribution >= 4 is 27.3 Å². The highest BCUT2D eigenvalue weighted by Crippen LogP contribution is 2.21. The molecule has 0 bridgehead atoms. The van der Waals surface area contributed by atoms with Crippen LogP contribution in [-0.2, 0) is 9.71 Å². The van der Waals surface area contributed by atoms with E-state index in [1.54, 1.807) is 31.4 Å². The maximum absolute atomic E-state index is 12.8. The number of nitrogens with zero attached hydrogens (tertiary/aromatic N) is 6. The van der Waals surface area contributed by atoms with Crippen molar-refractivity contribution in [3.63, 3.8) is 0 Å². The molecule has 2 aliphatic heterocycles. The first kappa shape index (κ1) is 39.1. The molecule has 2 aliphatic rings. The maximum atomic E-state index is 12.8. The van der Waals surface area contributed by atoms with Crippen LogP contribution in [0.2, 0.25) is 0 Å². The molecule has 0 radical (unpaired) electrons. The zero-order valence-electron chi connectivity index (χ0n) is 30.6. The Morgan fingerprint density at radius 2 is 1.38 bits per heavy atom. The van der Waals surface area contributed by atoms with Crippen molar-refractivity contribution in [2.24, 2.45) is 0 Å². The van der Waals surface area contributed by atoms with Crippen LogP contribution in [0.4, 0.5) is 5.82 Å². The second kappa shape index (κ2) is 18.4. The molecule has 11 heteroatoms. The van der Waals surface area contributed by atoms with Crippen LogP contribution in [-0.4, -0.2) is 107 Å². The molecule has 4 heterocycles. The fourth-order valence-electron chi connectivity index (χ4n) is 5.23. The Hall–Kier alpha value is -3.38. The second-order valence-corrected chi connectivity index (χ2v) is 15.8. The number of carbonyl (C=O) groups excluding carboxylic acids is 1. The van der Waals surface area contributed by atoms with E-state index >= 15 is 0 Å². The maximum Gasteiger partial charge on any atom is 0.254 e. The zero-order chi connectivity index (χ0) is 35.4. The van der Waals surface area contributed by atoms with E-state index in [1.807, 2.05) is 29.4 Å². The van der Waals surface area contributed by atoms with Gasteiger partial charge in [0, 0.05) is 95.5 Å². The average Bonchev–Trinajstić information content (AvgIpc) is 3.09. The number of rotatable bonds is 7. The number of piperazine rings is 2. The summed E-state index contributed by atoms with van der Waals surface area (Å²) in [6, 6.07) is 12.1. The molecule has 0 aliphatic carbocycles. The molecular formula is C37H58N8O2S. The van der Waals surface area contributed by atoms with Crippen molar-refractivity contribution in [1.29, 1.82) is 0 Å². The third-order valence-corrected chi connectivity index (χ3v) is 10.6. The molecule has 5 rings (SSSR count). The Bertz CT molecular complexity index is 1540. The summed E-state index contributed by atoms with van der Waals surface area (Å²) in [5.41, 5.74) is 4.16. The third kappa shape index (κ3) is 11.4. The van der Waals surface area contributed by atoms with Crippen LogP contribution in [0, 0.1) is 6.92 Å². The molecule has 1 amide bonds. The smallest absolute Gasteiger partial charge is 0.254 e. The quantitative estimate of drug-likeness (QED) is 0.339. The van der Waals surface area contributed by atoms with Crippen LogP contribution in [0.5, 0.6) is 0 Å². The molecule has 264 valence electrons. The van der Waals surface area contributed by atoms with Crippen molar-refractivity contribution in [3.05, 3.63) is 77.0 Å². The van der Waals surface area contributed by atoms with Crippen LogP contribution in [0.3, 0.4) is 0 Å². The predicted molar refractivity (Wildman–Crippen MR) is 201 cm³/mol. The summed E-state index contributed by atoms with van der Waals surface area (Å²) in [6.45, 7) is 22.3. The minimum Gasteiger partial charge on any atom is -0.354 e. The van der Waals surface area contributed by atoms with Gasteiger partial charge in [0.2, 0.25) is 0 Å². The van der Waals surface area contributed by atoms with E-state index in [0.717, 1.165) is 80.2 Å². The molecule has 1 atom stereocenters. The lowest BCUT2D eigenvalue weighted by Crippen LogP contribution is -2.46. The van der Waals surface area contributed by atoms with Crippen LogP contribution in [0.1, 0.15) is 92.3 Å². The van der Waals surface area contributed by atoms with E-state index < -0.39 is 9.71 Å². The van der Waals surface area contributed by atoms with E-state index in [2.05, 4.69) is 96.1 Å². The summed E-state index contributed by atoms with van der Waals surface area (Å²) in [5.74, 6) is 7.28. The van der Waals surface area contributed by atoms with Crippen molar-refractivity contribution in [1.82, 2.24) is 34.8 Å². The normalized spacial score (nSPS) is 16.5. The van der Waals surface area contributed by atoms with Gasteiger partial charge in [0.1, 0.15) is 11.6 Å². The van der Waals surface area contributed by atoms with Crippen LogP contribution in [0.15, 0.2) is 53.7 Å². The molecule has 1 unspecified atom stereocenters. The number of hydrogen-bond donors (Lipinski definition) is 2. The van der Waals surface area contributed by atoms with Gasteiger partial charge in [0.05, 0.1) is 15.3 Å². The first-order valence-electron chi connectivity index (χ1n) is 17.1. The van der Waals surface area contributed by atoms with Gasteiger partial charge in [-0.25, -0.2) is 18.5 Å². The molecule has 1 aromatic carbocycles. The standard InChI is InChI=1S/C14H22N2OS.C12H20N4.C11H16N2O/c1-12(2)13-4-6-14(7-5-13)18(3,17)16-10-8-15-9-11-16;1-9(2)11-8-12(15-10(3)14-11)16-6-4-13-5-7-16;1-8(2)9-5-10(7-12-6-9)11(14)13(3)4/h4-7,12,15H,3,8-11H2,1-2H3;8-9,13H,4-7H2,1-3H3;5-8H,1-4H3.